The highest BCUT2D eigenvalue weighted by atomic mass is 32.2. The van der Waals surface area contributed by atoms with Crippen LogP contribution in [0, 0.1) is 0 Å². The topological polar surface area (TPSA) is 129 Å². The normalized spacial score (nSPS) is 19.6. The summed E-state index contributed by atoms with van der Waals surface area (Å²) in [7, 11) is -0.816. The van der Waals surface area contributed by atoms with Gasteiger partial charge in [-0.25, -0.2) is 4.99 Å². The molecule has 0 aromatic heterocycles. The van der Waals surface area contributed by atoms with Crippen LogP contribution in [0.3, 0.4) is 0 Å². The van der Waals surface area contributed by atoms with Crippen molar-refractivity contribution in [3.63, 3.8) is 0 Å². The fourth-order valence-electron chi connectivity index (χ4n) is 1.83. The highest BCUT2D eigenvalue weighted by Crippen LogP contribution is 2.19. The minimum Gasteiger partial charge on any atom is -0.338 e. The maximum atomic E-state index is 11.9. The quantitative estimate of drug-likeness (QED) is 0.194. The molecule has 0 aromatic carbocycles. The summed E-state index contributed by atoms with van der Waals surface area (Å²) in [6.45, 7) is 3.41. The van der Waals surface area contributed by atoms with Crippen LogP contribution in [0.15, 0.2) is 4.99 Å². The number of aliphatic imine (C=N–C) groups is 1. The first-order valence-electron chi connectivity index (χ1n) is 7.11. The van der Waals surface area contributed by atoms with E-state index in [1.54, 1.807) is 6.92 Å². The van der Waals surface area contributed by atoms with E-state index in [4.69, 9.17) is 9.39 Å². The number of carbonyl (C=O) groups is 2. The molecular weight excluding hydrogens is 328 g/mol. The van der Waals surface area contributed by atoms with Crippen molar-refractivity contribution < 1.29 is 27.4 Å². The van der Waals surface area contributed by atoms with Crippen LogP contribution in [0.4, 0.5) is 0 Å². The van der Waals surface area contributed by atoms with E-state index in [0.717, 1.165) is 13.0 Å². The van der Waals surface area contributed by atoms with Gasteiger partial charge in [-0.2, -0.15) is 8.42 Å². The molecule has 0 spiro atoms. The Balaban J connectivity index is 2.74. The van der Waals surface area contributed by atoms with Crippen LogP contribution in [0.5, 0.6) is 0 Å². The van der Waals surface area contributed by atoms with Crippen LogP contribution in [-0.2, 0) is 24.5 Å². The van der Waals surface area contributed by atoms with E-state index in [2.05, 4.69) is 10.3 Å². The largest absolute Gasteiger partial charge is 0.338 e. The maximum Gasteiger partial charge on any atom is 0.313 e. The van der Waals surface area contributed by atoms with Gasteiger partial charge in [-0.15, -0.1) is 5.06 Å². The van der Waals surface area contributed by atoms with Crippen molar-refractivity contribution >= 4 is 28.0 Å². The van der Waals surface area contributed by atoms with E-state index in [1.165, 1.54) is 0 Å². The van der Waals surface area contributed by atoms with Gasteiger partial charge in [0.05, 0.1) is 6.42 Å². The second-order valence-electron chi connectivity index (χ2n) is 5.20. The lowest BCUT2D eigenvalue weighted by atomic mass is 10.4. The number of rotatable bonds is 7. The van der Waals surface area contributed by atoms with Crippen LogP contribution in [0.2, 0.25) is 0 Å². The van der Waals surface area contributed by atoms with Crippen molar-refractivity contribution in [2.45, 2.75) is 25.0 Å². The Kier molecular flexibility index (Phi) is 6.91. The Morgan fingerprint density at radius 1 is 1.48 bits per heavy atom. The third-order valence-electron chi connectivity index (χ3n) is 2.95. The lowest BCUT2D eigenvalue weighted by Gasteiger charge is -2.16. The smallest absolute Gasteiger partial charge is 0.313 e. The van der Waals surface area contributed by atoms with Crippen LogP contribution >= 0.6 is 0 Å². The van der Waals surface area contributed by atoms with Crippen molar-refractivity contribution in [1.29, 1.82) is 0 Å². The van der Waals surface area contributed by atoms with Gasteiger partial charge in [0, 0.05) is 13.1 Å². The molecule has 1 rings (SSSR count). The highest BCUT2D eigenvalue weighted by molar-refractivity contribution is 7.87. The lowest BCUT2D eigenvalue weighted by Crippen LogP contribution is -2.40. The number of amides is 2. The molecule has 1 fully saturated rings. The first-order chi connectivity index (χ1) is 10.7. The van der Waals surface area contributed by atoms with Crippen LogP contribution in [0.1, 0.15) is 19.8 Å². The molecule has 1 atom stereocenters. The molecule has 1 aliphatic rings. The van der Waals surface area contributed by atoms with Gasteiger partial charge < -0.3 is 15.1 Å². The number of hydroxylamine groups is 2. The zero-order valence-electron chi connectivity index (χ0n) is 13.4. The monoisotopic (exact) mass is 350 g/mol. The standard InChI is InChI=1S/C12H22N4O6S/c1-4-13-12(14-6-5-7-15(2)3)22-16-10(17)8-9(11(16)18)23(19,20)21/h9H,4-8H2,1-3H3,(H,13,14)(H,19,20,21). The zero-order valence-corrected chi connectivity index (χ0v) is 14.2. The Labute approximate surface area is 135 Å². The van der Waals surface area contributed by atoms with Gasteiger partial charge in [-0.1, -0.05) is 0 Å². The Morgan fingerprint density at radius 2 is 2.13 bits per heavy atom. The summed E-state index contributed by atoms with van der Waals surface area (Å²) < 4.78 is 31.1. The van der Waals surface area contributed by atoms with Crippen molar-refractivity contribution in [2.24, 2.45) is 4.99 Å². The summed E-state index contributed by atoms with van der Waals surface area (Å²) in [5, 5.41) is 1.25. The number of amidine groups is 1. The van der Waals surface area contributed by atoms with Crippen molar-refractivity contribution in [3.05, 3.63) is 0 Å². The molecule has 1 saturated heterocycles. The van der Waals surface area contributed by atoms with E-state index in [-0.39, 0.29) is 6.02 Å². The summed E-state index contributed by atoms with van der Waals surface area (Å²) in [6, 6.07) is -0.0519. The van der Waals surface area contributed by atoms with E-state index < -0.39 is 33.6 Å². The second-order valence-corrected chi connectivity index (χ2v) is 6.80. The molecule has 1 unspecified atom stereocenters. The second kappa shape index (κ2) is 8.22. The van der Waals surface area contributed by atoms with Gasteiger partial charge in [0.25, 0.3) is 21.9 Å². The number of hydrogen-bond acceptors (Lipinski definition) is 7. The molecule has 0 aliphatic carbocycles. The molecule has 1 aliphatic heterocycles. The molecule has 23 heavy (non-hydrogen) atoms. The third-order valence-corrected chi connectivity index (χ3v) is 4.03. The Morgan fingerprint density at radius 3 is 2.61 bits per heavy atom. The third kappa shape index (κ3) is 5.77. The minimum absolute atomic E-state index is 0.0519. The Hall–Kier alpha value is -1.72. The molecule has 2 amide bonds. The number of nitrogens with one attached hydrogen (secondary N) is 1. The van der Waals surface area contributed by atoms with Gasteiger partial charge in [0.2, 0.25) is 0 Å². The van der Waals surface area contributed by atoms with E-state index >= 15 is 0 Å². The first kappa shape index (κ1) is 19.3. The number of carbonyl (C=O) groups excluding carboxylic acids is 2. The average molecular weight is 350 g/mol. The average Bonchev–Trinajstić information content (AvgIpc) is 2.71. The lowest BCUT2D eigenvalue weighted by molar-refractivity contribution is -0.167. The molecule has 10 nitrogen and oxygen atoms in total. The summed E-state index contributed by atoms with van der Waals surface area (Å²) in [4.78, 5) is 34.8. The predicted molar refractivity (Wildman–Crippen MR) is 82.0 cm³/mol. The fraction of sp³-hybridized carbons (Fsp3) is 0.750. The van der Waals surface area contributed by atoms with Gasteiger partial charge in [-0.05, 0) is 34.0 Å². The minimum atomic E-state index is -4.65. The first-order valence-corrected chi connectivity index (χ1v) is 8.61. The van der Waals surface area contributed by atoms with Crippen molar-refractivity contribution in [3.8, 4) is 0 Å². The molecule has 0 bridgehead atoms. The zero-order chi connectivity index (χ0) is 17.6. The number of hydrogen-bond donors (Lipinski definition) is 2. The Bertz CT molecular complexity index is 574. The molecule has 0 radical (unpaired) electrons. The molecule has 0 saturated carbocycles. The predicted octanol–water partition coefficient (Wildman–Crippen LogP) is -1.15. The van der Waals surface area contributed by atoms with Gasteiger partial charge >= 0.3 is 6.02 Å². The van der Waals surface area contributed by atoms with E-state index in [0.29, 0.717) is 18.2 Å². The van der Waals surface area contributed by atoms with E-state index in [1.807, 2.05) is 19.0 Å². The van der Waals surface area contributed by atoms with Crippen molar-refractivity contribution in [1.82, 2.24) is 15.3 Å². The SMILES string of the molecule is CCNC(=NCCCN(C)C)ON1C(=O)CC(S(=O)(=O)O)C1=O. The van der Waals surface area contributed by atoms with Gasteiger partial charge in [0.15, 0.2) is 5.25 Å². The van der Waals surface area contributed by atoms with Crippen molar-refractivity contribution in [2.75, 3.05) is 33.7 Å². The molecule has 132 valence electrons. The number of nitrogens with zero attached hydrogens (tertiary/aromatic N) is 3. The summed E-state index contributed by atoms with van der Waals surface area (Å²) >= 11 is 0. The van der Waals surface area contributed by atoms with Crippen LogP contribution < -0.4 is 5.32 Å². The highest BCUT2D eigenvalue weighted by Gasteiger charge is 2.48. The van der Waals surface area contributed by atoms with Gasteiger partial charge in [0.1, 0.15) is 0 Å². The van der Waals surface area contributed by atoms with Crippen LogP contribution in [0.25, 0.3) is 0 Å². The van der Waals surface area contributed by atoms with Crippen LogP contribution in [-0.4, -0.2) is 79.7 Å². The number of imide groups is 1. The molecule has 11 heteroatoms. The fourth-order valence-corrected chi connectivity index (χ4v) is 2.54. The van der Waals surface area contributed by atoms with E-state index in [9.17, 15) is 18.0 Å². The summed E-state index contributed by atoms with van der Waals surface area (Å²) in [5.41, 5.74) is 0. The molecule has 1 heterocycles. The maximum absolute atomic E-state index is 11.9. The van der Waals surface area contributed by atoms with Gasteiger partial charge in [-0.3, -0.25) is 14.1 Å². The molecule has 0 aromatic rings. The summed E-state index contributed by atoms with van der Waals surface area (Å²) in [6.07, 6.45) is 0.0818. The molecular formula is C12H22N4O6S. The summed E-state index contributed by atoms with van der Waals surface area (Å²) in [5.74, 6) is -1.98. The molecule has 2 N–H and O–H groups in total.